The predicted molar refractivity (Wildman–Crippen MR) is 96.0 cm³/mol. The first-order chi connectivity index (χ1) is 11.5. The van der Waals surface area contributed by atoms with Crippen LogP contribution in [0.3, 0.4) is 0 Å². The van der Waals surface area contributed by atoms with E-state index in [2.05, 4.69) is 10.3 Å². The highest BCUT2D eigenvalue weighted by Crippen LogP contribution is 2.26. The maximum absolute atomic E-state index is 12.7. The molecule has 2 aromatic rings. The second-order valence-corrected chi connectivity index (χ2v) is 7.24. The number of aryl methyl sites for hydroxylation is 1. The van der Waals surface area contributed by atoms with E-state index in [4.69, 9.17) is 23.2 Å². The van der Waals surface area contributed by atoms with Gasteiger partial charge in [-0.3, -0.25) is 9.59 Å². The third-order valence-corrected chi connectivity index (χ3v) is 5.45. The fraction of sp³-hybridized carbons (Fsp3) is 0.312. The number of hydrogen-bond donors (Lipinski definition) is 1. The van der Waals surface area contributed by atoms with Crippen molar-refractivity contribution in [2.24, 2.45) is 0 Å². The standard InChI is InChI=1S/C16H15Cl2N3O2S/c1-9-8-24-16(19-9)20-14(22)13-3-2-6-21(13)15(23)10-4-5-11(17)12(18)7-10/h4-5,7-8,13H,2-3,6H2,1H3,(H,19,20,22)/t13-/m1/s1. The first kappa shape index (κ1) is 17.2. The van der Waals surface area contributed by atoms with Crippen molar-refractivity contribution < 1.29 is 9.59 Å². The molecular formula is C16H15Cl2N3O2S. The summed E-state index contributed by atoms with van der Waals surface area (Å²) in [5, 5.41) is 5.91. The molecule has 0 unspecified atom stereocenters. The van der Waals surface area contributed by atoms with Crippen LogP contribution in [0.4, 0.5) is 5.13 Å². The zero-order valence-electron chi connectivity index (χ0n) is 12.9. The van der Waals surface area contributed by atoms with Crippen LogP contribution in [0, 0.1) is 6.92 Å². The van der Waals surface area contributed by atoms with Crippen LogP contribution in [-0.4, -0.2) is 34.3 Å². The predicted octanol–water partition coefficient (Wildman–Crippen LogP) is 4.00. The molecule has 0 aliphatic carbocycles. The zero-order valence-corrected chi connectivity index (χ0v) is 15.2. The highest BCUT2D eigenvalue weighted by atomic mass is 35.5. The molecule has 126 valence electrons. The average molecular weight is 384 g/mol. The number of benzene rings is 1. The van der Waals surface area contributed by atoms with Crippen LogP contribution in [0.2, 0.25) is 10.0 Å². The molecular weight excluding hydrogens is 369 g/mol. The molecule has 1 fully saturated rings. The van der Waals surface area contributed by atoms with E-state index in [9.17, 15) is 9.59 Å². The van der Waals surface area contributed by atoms with Gasteiger partial charge in [0.25, 0.3) is 5.91 Å². The Kier molecular flexibility index (Phi) is 5.08. The monoisotopic (exact) mass is 383 g/mol. The van der Waals surface area contributed by atoms with Crippen LogP contribution in [-0.2, 0) is 4.79 Å². The maximum Gasteiger partial charge on any atom is 0.254 e. The number of carbonyl (C=O) groups is 2. The topological polar surface area (TPSA) is 62.3 Å². The van der Waals surface area contributed by atoms with Crippen molar-refractivity contribution in [3.63, 3.8) is 0 Å². The third kappa shape index (κ3) is 3.55. The second kappa shape index (κ2) is 7.09. The molecule has 3 rings (SSSR count). The fourth-order valence-corrected chi connectivity index (χ4v) is 3.67. The van der Waals surface area contributed by atoms with Crippen LogP contribution in [0.15, 0.2) is 23.6 Å². The Bertz CT molecular complexity index is 793. The molecule has 1 aromatic heterocycles. The van der Waals surface area contributed by atoms with Crippen LogP contribution in [0.1, 0.15) is 28.9 Å². The summed E-state index contributed by atoms with van der Waals surface area (Å²) in [6.45, 7) is 2.40. The van der Waals surface area contributed by atoms with Gasteiger partial charge in [-0.15, -0.1) is 11.3 Å². The van der Waals surface area contributed by atoms with Crippen molar-refractivity contribution in [1.82, 2.24) is 9.88 Å². The van der Waals surface area contributed by atoms with Gasteiger partial charge in [-0.05, 0) is 38.0 Å². The summed E-state index contributed by atoms with van der Waals surface area (Å²) in [6.07, 6.45) is 1.41. The SMILES string of the molecule is Cc1csc(NC(=O)[C@H]2CCCN2C(=O)c2ccc(Cl)c(Cl)c2)n1. The molecule has 1 aliphatic heterocycles. The minimum atomic E-state index is -0.504. The van der Waals surface area contributed by atoms with Gasteiger partial charge >= 0.3 is 0 Å². The number of aromatic nitrogens is 1. The molecule has 24 heavy (non-hydrogen) atoms. The van der Waals surface area contributed by atoms with Gasteiger partial charge in [0, 0.05) is 17.5 Å². The van der Waals surface area contributed by atoms with Crippen molar-refractivity contribution >= 4 is 51.5 Å². The summed E-state index contributed by atoms with van der Waals surface area (Å²) in [7, 11) is 0. The number of amides is 2. The smallest absolute Gasteiger partial charge is 0.254 e. The van der Waals surface area contributed by atoms with E-state index in [1.54, 1.807) is 17.0 Å². The van der Waals surface area contributed by atoms with Gasteiger partial charge in [-0.2, -0.15) is 0 Å². The summed E-state index contributed by atoms with van der Waals surface area (Å²) >= 11 is 13.2. The van der Waals surface area contributed by atoms with Gasteiger partial charge in [0.15, 0.2) is 5.13 Å². The average Bonchev–Trinajstić information content (AvgIpc) is 3.18. The molecule has 8 heteroatoms. The molecule has 0 radical (unpaired) electrons. The van der Waals surface area contributed by atoms with Gasteiger partial charge in [0.05, 0.1) is 15.7 Å². The van der Waals surface area contributed by atoms with Crippen molar-refractivity contribution in [1.29, 1.82) is 0 Å². The van der Waals surface area contributed by atoms with Gasteiger partial charge in [0.1, 0.15) is 6.04 Å². The number of nitrogens with one attached hydrogen (secondary N) is 1. The molecule has 2 amide bonds. The Morgan fingerprint density at radius 1 is 1.33 bits per heavy atom. The van der Waals surface area contributed by atoms with Crippen LogP contribution >= 0.6 is 34.5 Å². The number of hydrogen-bond acceptors (Lipinski definition) is 4. The van der Waals surface area contributed by atoms with E-state index in [-0.39, 0.29) is 11.8 Å². The molecule has 1 aliphatic rings. The number of thiazole rings is 1. The molecule has 2 heterocycles. The van der Waals surface area contributed by atoms with E-state index in [0.29, 0.717) is 33.7 Å². The second-order valence-electron chi connectivity index (χ2n) is 5.57. The van der Waals surface area contributed by atoms with Crippen LogP contribution in [0.5, 0.6) is 0 Å². The number of likely N-dealkylation sites (tertiary alicyclic amines) is 1. The van der Waals surface area contributed by atoms with E-state index >= 15 is 0 Å². The fourth-order valence-electron chi connectivity index (χ4n) is 2.68. The highest BCUT2D eigenvalue weighted by molar-refractivity contribution is 7.13. The Morgan fingerprint density at radius 3 is 2.79 bits per heavy atom. The maximum atomic E-state index is 12.7. The molecule has 1 saturated heterocycles. The summed E-state index contributed by atoms with van der Waals surface area (Å²) in [4.78, 5) is 31.0. The van der Waals surface area contributed by atoms with Gasteiger partial charge in [0.2, 0.25) is 5.91 Å². The molecule has 0 spiro atoms. The quantitative estimate of drug-likeness (QED) is 0.870. The van der Waals surface area contributed by atoms with Crippen LogP contribution < -0.4 is 5.32 Å². The van der Waals surface area contributed by atoms with Crippen molar-refractivity contribution in [3.05, 3.63) is 44.9 Å². The summed E-state index contributed by atoms with van der Waals surface area (Å²) in [5.41, 5.74) is 1.28. The van der Waals surface area contributed by atoms with Gasteiger partial charge in [-0.1, -0.05) is 23.2 Å². The zero-order chi connectivity index (χ0) is 17.3. The Hall–Kier alpha value is -1.63. The first-order valence-electron chi connectivity index (χ1n) is 7.44. The molecule has 0 saturated carbocycles. The van der Waals surface area contributed by atoms with Crippen molar-refractivity contribution in [3.8, 4) is 0 Å². The van der Waals surface area contributed by atoms with Crippen molar-refractivity contribution in [2.45, 2.75) is 25.8 Å². The number of anilines is 1. The first-order valence-corrected chi connectivity index (χ1v) is 9.08. The van der Waals surface area contributed by atoms with Gasteiger partial charge < -0.3 is 10.2 Å². The number of carbonyl (C=O) groups excluding carboxylic acids is 2. The van der Waals surface area contributed by atoms with E-state index in [1.165, 1.54) is 17.4 Å². The third-order valence-electron chi connectivity index (χ3n) is 3.83. The van der Waals surface area contributed by atoms with Crippen molar-refractivity contribution in [2.75, 3.05) is 11.9 Å². The van der Waals surface area contributed by atoms with E-state index < -0.39 is 6.04 Å². The molecule has 1 atom stereocenters. The summed E-state index contributed by atoms with van der Waals surface area (Å²) in [6, 6.07) is 4.23. The summed E-state index contributed by atoms with van der Waals surface area (Å²) < 4.78 is 0. The van der Waals surface area contributed by atoms with Gasteiger partial charge in [-0.25, -0.2) is 4.98 Å². The normalized spacial score (nSPS) is 17.1. The lowest BCUT2D eigenvalue weighted by molar-refractivity contribution is -0.119. The lowest BCUT2D eigenvalue weighted by Gasteiger charge is -2.23. The Morgan fingerprint density at radius 2 is 2.12 bits per heavy atom. The van der Waals surface area contributed by atoms with Crippen LogP contribution in [0.25, 0.3) is 0 Å². The largest absolute Gasteiger partial charge is 0.327 e. The molecule has 1 aromatic carbocycles. The number of nitrogens with zero attached hydrogens (tertiary/aromatic N) is 2. The lowest BCUT2D eigenvalue weighted by Crippen LogP contribution is -2.43. The minimum Gasteiger partial charge on any atom is -0.327 e. The highest BCUT2D eigenvalue weighted by Gasteiger charge is 2.35. The summed E-state index contributed by atoms with van der Waals surface area (Å²) in [5.74, 6) is -0.434. The minimum absolute atomic E-state index is 0.213. The van der Waals surface area contributed by atoms with E-state index in [0.717, 1.165) is 12.1 Å². The Labute approximate surface area is 153 Å². The Balaban J connectivity index is 1.75. The molecule has 1 N–H and O–H groups in total. The lowest BCUT2D eigenvalue weighted by atomic mass is 10.1. The molecule has 5 nitrogen and oxygen atoms in total. The molecule has 0 bridgehead atoms. The number of halogens is 2. The number of rotatable bonds is 3. The van der Waals surface area contributed by atoms with E-state index in [1.807, 2.05) is 12.3 Å².